The Hall–Kier alpha value is -1.92. The summed E-state index contributed by atoms with van der Waals surface area (Å²) >= 11 is 0. The summed E-state index contributed by atoms with van der Waals surface area (Å²) < 4.78 is 5.30. The van der Waals surface area contributed by atoms with Crippen molar-refractivity contribution in [3.63, 3.8) is 0 Å². The summed E-state index contributed by atoms with van der Waals surface area (Å²) in [4.78, 5) is 8.92. The van der Waals surface area contributed by atoms with Gasteiger partial charge in [0.15, 0.2) is 5.82 Å². The second-order valence-corrected chi connectivity index (χ2v) is 5.23. The third kappa shape index (κ3) is 2.39. The van der Waals surface area contributed by atoms with Crippen LogP contribution in [0.2, 0.25) is 0 Å². The number of phenols is 1. The Labute approximate surface area is 117 Å². The number of benzene rings is 1. The summed E-state index contributed by atoms with van der Waals surface area (Å²) in [6.45, 7) is 2.88. The van der Waals surface area contributed by atoms with Crippen LogP contribution in [0, 0.1) is 0 Å². The Morgan fingerprint density at radius 3 is 2.85 bits per heavy atom. The van der Waals surface area contributed by atoms with Gasteiger partial charge in [-0.25, -0.2) is 0 Å². The lowest BCUT2D eigenvalue weighted by Crippen LogP contribution is -2.45. The van der Waals surface area contributed by atoms with E-state index in [9.17, 15) is 5.11 Å². The highest BCUT2D eigenvalue weighted by Crippen LogP contribution is 2.29. The molecule has 0 saturated carbocycles. The Morgan fingerprint density at radius 2 is 2.05 bits per heavy atom. The Kier molecular flexibility index (Phi) is 3.42. The van der Waals surface area contributed by atoms with Crippen LogP contribution in [0.15, 0.2) is 28.8 Å². The maximum absolute atomic E-state index is 9.83. The van der Waals surface area contributed by atoms with Gasteiger partial charge >= 0.3 is 0 Å². The summed E-state index contributed by atoms with van der Waals surface area (Å²) in [6, 6.07) is 7.10. The van der Waals surface area contributed by atoms with Crippen molar-refractivity contribution in [1.82, 2.24) is 19.9 Å². The molecule has 1 saturated heterocycles. The molecule has 1 atom stereocenters. The number of likely N-dealkylation sites (N-methyl/N-ethyl adjacent to an activating group) is 2. The first kappa shape index (κ1) is 13.1. The molecule has 2 aromatic rings. The van der Waals surface area contributed by atoms with Gasteiger partial charge in [-0.2, -0.15) is 4.98 Å². The lowest BCUT2D eigenvalue weighted by atomic mass is 10.1. The highest BCUT2D eigenvalue weighted by Gasteiger charge is 2.28. The molecule has 6 nitrogen and oxygen atoms in total. The standard InChI is InChI=1S/C14H18N4O2/c1-17-7-8-18(2)11(9-17)13-15-14(20-16-13)10-5-3-4-6-12(10)19/h3-6,11,19H,7-9H2,1-2H3. The van der Waals surface area contributed by atoms with E-state index >= 15 is 0 Å². The number of aromatic hydroxyl groups is 1. The van der Waals surface area contributed by atoms with Crippen LogP contribution in [-0.2, 0) is 0 Å². The Morgan fingerprint density at radius 1 is 1.25 bits per heavy atom. The zero-order chi connectivity index (χ0) is 14.1. The lowest BCUT2D eigenvalue weighted by molar-refractivity contribution is 0.108. The van der Waals surface area contributed by atoms with Gasteiger partial charge in [0.25, 0.3) is 5.89 Å². The number of rotatable bonds is 2. The van der Waals surface area contributed by atoms with Crippen molar-refractivity contribution in [3.8, 4) is 17.2 Å². The molecule has 6 heteroatoms. The highest BCUT2D eigenvalue weighted by molar-refractivity contribution is 5.61. The summed E-state index contributed by atoms with van der Waals surface area (Å²) in [5.74, 6) is 1.17. The third-order valence-electron chi connectivity index (χ3n) is 3.73. The van der Waals surface area contributed by atoms with E-state index < -0.39 is 0 Å². The molecule has 20 heavy (non-hydrogen) atoms. The van der Waals surface area contributed by atoms with E-state index in [1.165, 1.54) is 0 Å². The second kappa shape index (κ2) is 5.22. The number of hydrogen-bond donors (Lipinski definition) is 1. The predicted octanol–water partition coefficient (Wildman–Crippen LogP) is 1.36. The van der Waals surface area contributed by atoms with Crippen LogP contribution in [0.3, 0.4) is 0 Å². The lowest BCUT2D eigenvalue weighted by Gasteiger charge is -2.35. The number of hydrogen-bond acceptors (Lipinski definition) is 6. The largest absolute Gasteiger partial charge is 0.507 e. The monoisotopic (exact) mass is 274 g/mol. The average Bonchev–Trinajstić information content (AvgIpc) is 2.91. The molecule has 3 rings (SSSR count). The molecule has 106 valence electrons. The highest BCUT2D eigenvalue weighted by atomic mass is 16.5. The van der Waals surface area contributed by atoms with Crippen molar-refractivity contribution in [2.24, 2.45) is 0 Å². The van der Waals surface area contributed by atoms with Crippen LogP contribution >= 0.6 is 0 Å². The molecule has 0 bridgehead atoms. The minimum atomic E-state index is 0.122. The molecule has 2 heterocycles. The van der Waals surface area contributed by atoms with Crippen LogP contribution in [0.5, 0.6) is 5.75 Å². The number of phenolic OH excluding ortho intramolecular Hbond substituents is 1. The number of piperazine rings is 1. The van der Waals surface area contributed by atoms with Gasteiger partial charge in [0.2, 0.25) is 0 Å². The van der Waals surface area contributed by atoms with Gasteiger partial charge in [-0.15, -0.1) is 0 Å². The van der Waals surface area contributed by atoms with E-state index in [2.05, 4.69) is 34.0 Å². The fourth-order valence-corrected chi connectivity index (χ4v) is 2.42. The molecule has 1 aliphatic heterocycles. The quantitative estimate of drug-likeness (QED) is 0.892. The van der Waals surface area contributed by atoms with Crippen LogP contribution in [0.1, 0.15) is 11.9 Å². The first-order valence-corrected chi connectivity index (χ1v) is 6.66. The average molecular weight is 274 g/mol. The van der Waals surface area contributed by atoms with Gasteiger partial charge in [0.05, 0.1) is 11.6 Å². The van der Waals surface area contributed by atoms with Crippen LogP contribution in [0.4, 0.5) is 0 Å². The molecular formula is C14H18N4O2. The van der Waals surface area contributed by atoms with E-state index in [4.69, 9.17) is 4.52 Å². The smallest absolute Gasteiger partial charge is 0.261 e. The fourth-order valence-electron chi connectivity index (χ4n) is 2.42. The maximum atomic E-state index is 9.83. The minimum absolute atomic E-state index is 0.122. The Balaban J connectivity index is 1.88. The number of nitrogens with zero attached hydrogens (tertiary/aromatic N) is 4. The van der Waals surface area contributed by atoms with E-state index in [1.807, 2.05) is 6.07 Å². The van der Waals surface area contributed by atoms with Crippen LogP contribution in [-0.4, -0.2) is 58.8 Å². The molecule has 1 fully saturated rings. The van der Waals surface area contributed by atoms with E-state index in [1.54, 1.807) is 18.2 Å². The van der Waals surface area contributed by atoms with E-state index in [0.29, 0.717) is 17.3 Å². The van der Waals surface area contributed by atoms with Crippen molar-refractivity contribution in [2.75, 3.05) is 33.7 Å². The summed E-state index contributed by atoms with van der Waals surface area (Å²) in [7, 11) is 4.15. The predicted molar refractivity (Wildman–Crippen MR) is 74.3 cm³/mol. The number of para-hydroxylation sites is 1. The molecule has 0 spiro atoms. The van der Waals surface area contributed by atoms with E-state index in [0.717, 1.165) is 19.6 Å². The summed E-state index contributed by atoms with van der Waals surface area (Å²) in [5, 5.41) is 13.9. The van der Waals surface area contributed by atoms with E-state index in [-0.39, 0.29) is 11.8 Å². The van der Waals surface area contributed by atoms with Crippen molar-refractivity contribution >= 4 is 0 Å². The fraction of sp³-hybridized carbons (Fsp3) is 0.429. The van der Waals surface area contributed by atoms with Gasteiger partial charge in [0.1, 0.15) is 5.75 Å². The van der Waals surface area contributed by atoms with Gasteiger partial charge in [-0.1, -0.05) is 17.3 Å². The zero-order valence-corrected chi connectivity index (χ0v) is 11.7. The van der Waals surface area contributed by atoms with Crippen molar-refractivity contribution in [3.05, 3.63) is 30.1 Å². The van der Waals surface area contributed by atoms with Gasteiger partial charge in [-0.3, -0.25) is 4.90 Å². The topological polar surface area (TPSA) is 65.6 Å². The third-order valence-corrected chi connectivity index (χ3v) is 3.73. The zero-order valence-electron chi connectivity index (χ0n) is 11.7. The van der Waals surface area contributed by atoms with Crippen LogP contribution in [0.25, 0.3) is 11.5 Å². The first-order chi connectivity index (χ1) is 9.65. The minimum Gasteiger partial charge on any atom is -0.507 e. The molecule has 1 N–H and O–H groups in total. The normalized spacial score (nSPS) is 21.2. The van der Waals surface area contributed by atoms with Gasteiger partial charge in [-0.05, 0) is 26.2 Å². The molecular weight excluding hydrogens is 256 g/mol. The van der Waals surface area contributed by atoms with Crippen molar-refractivity contribution in [1.29, 1.82) is 0 Å². The summed E-state index contributed by atoms with van der Waals surface area (Å²) in [5.41, 5.74) is 0.568. The molecule has 1 aromatic carbocycles. The van der Waals surface area contributed by atoms with Crippen molar-refractivity contribution < 1.29 is 9.63 Å². The molecule has 1 aromatic heterocycles. The van der Waals surface area contributed by atoms with Crippen molar-refractivity contribution in [2.45, 2.75) is 6.04 Å². The first-order valence-electron chi connectivity index (χ1n) is 6.66. The molecule has 0 radical (unpaired) electrons. The Bertz CT molecular complexity index is 598. The SMILES string of the molecule is CN1CCN(C)C(c2noc(-c3ccccc3O)n2)C1. The molecule has 1 aliphatic rings. The molecule has 0 amide bonds. The molecule has 1 unspecified atom stereocenters. The molecule has 0 aliphatic carbocycles. The number of aromatic nitrogens is 2. The van der Waals surface area contributed by atoms with Gasteiger partial charge < -0.3 is 14.5 Å². The van der Waals surface area contributed by atoms with Gasteiger partial charge in [0, 0.05) is 19.6 Å². The van der Waals surface area contributed by atoms with Crippen LogP contribution < -0.4 is 0 Å². The second-order valence-electron chi connectivity index (χ2n) is 5.23. The summed E-state index contributed by atoms with van der Waals surface area (Å²) in [6.07, 6.45) is 0. The maximum Gasteiger partial charge on any atom is 0.261 e.